The van der Waals surface area contributed by atoms with Gasteiger partial charge in [0.25, 0.3) is 5.91 Å². The van der Waals surface area contributed by atoms with E-state index >= 15 is 0 Å². The van der Waals surface area contributed by atoms with Crippen molar-refractivity contribution in [3.63, 3.8) is 0 Å². The van der Waals surface area contributed by atoms with Gasteiger partial charge in [0.05, 0.1) is 26.5 Å². The summed E-state index contributed by atoms with van der Waals surface area (Å²) in [6.07, 6.45) is -3.96. The zero-order valence-corrected chi connectivity index (χ0v) is 19.2. The molecule has 0 fully saturated rings. The standard InChI is InChI=1S/C16H17BrCl2F3N3O2S/c1-7(2)27-25(8(3)5-9-11(18)14(19)28-13(9)17)15(26)10-6-24(4)23-12(10)16(20,21)22/h6-8H,5H2,1-4H3. The minimum Gasteiger partial charge on any atom is -0.274 e. The Balaban J connectivity index is 2.39. The maximum Gasteiger partial charge on any atom is 0.435 e. The second-order valence-electron chi connectivity index (χ2n) is 6.34. The fourth-order valence-electron chi connectivity index (χ4n) is 2.49. The maximum atomic E-state index is 13.3. The number of hydroxylamine groups is 2. The van der Waals surface area contributed by atoms with Crippen LogP contribution in [0.1, 0.15) is 42.4 Å². The van der Waals surface area contributed by atoms with Gasteiger partial charge in [-0.25, -0.2) is 5.06 Å². The van der Waals surface area contributed by atoms with Crippen LogP contribution in [0.4, 0.5) is 13.2 Å². The molecule has 2 rings (SSSR count). The van der Waals surface area contributed by atoms with Crippen molar-refractivity contribution in [1.82, 2.24) is 14.8 Å². The summed E-state index contributed by atoms with van der Waals surface area (Å²) in [5.74, 6) is -0.935. The van der Waals surface area contributed by atoms with E-state index in [0.717, 1.165) is 15.9 Å². The smallest absolute Gasteiger partial charge is 0.274 e. The lowest BCUT2D eigenvalue weighted by atomic mass is 10.1. The summed E-state index contributed by atoms with van der Waals surface area (Å²) < 4.78 is 41.8. The van der Waals surface area contributed by atoms with Gasteiger partial charge >= 0.3 is 6.18 Å². The molecule has 0 aliphatic rings. The number of rotatable bonds is 6. The third-order valence-electron chi connectivity index (χ3n) is 3.61. The summed E-state index contributed by atoms with van der Waals surface area (Å²) in [6, 6.07) is -0.629. The third kappa shape index (κ3) is 5.21. The quantitative estimate of drug-likeness (QED) is 0.438. The Bertz CT molecular complexity index is 870. The van der Waals surface area contributed by atoms with E-state index in [0.29, 0.717) is 18.7 Å². The predicted octanol–water partition coefficient (Wildman–Crippen LogP) is 5.98. The van der Waals surface area contributed by atoms with Gasteiger partial charge in [0.2, 0.25) is 0 Å². The van der Waals surface area contributed by atoms with E-state index in [2.05, 4.69) is 21.0 Å². The van der Waals surface area contributed by atoms with Crippen molar-refractivity contribution in [2.24, 2.45) is 7.05 Å². The monoisotopic (exact) mass is 521 g/mol. The molecule has 0 aliphatic carbocycles. The molecule has 0 saturated carbocycles. The van der Waals surface area contributed by atoms with Gasteiger partial charge in [-0.1, -0.05) is 23.2 Å². The predicted molar refractivity (Wildman–Crippen MR) is 106 cm³/mol. The van der Waals surface area contributed by atoms with Crippen LogP contribution in [-0.4, -0.2) is 32.9 Å². The second-order valence-corrected chi connectivity index (χ2v) is 9.66. The average molecular weight is 523 g/mol. The van der Waals surface area contributed by atoms with Crippen LogP contribution in [0.2, 0.25) is 9.36 Å². The van der Waals surface area contributed by atoms with Gasteiger partial charge in [-0.3, -0.25) is 14.3 Å². The summed E-state index contributed by atoms with van der Waals surface area (Å²) >= 11 is 16.8. The highest BCUT2D eigenvalue weighted by Gasteiger charge is 2.41. The molecule has 2 aromatic heterocycles. The van der Waals surface area contributed by atoms with Crippen molar-refractivity contribution in [2.75, 3.05) is 0 Å². The van der Waals surface area contributed by atoms with Crippen LogP contribution >= 0.6 is 50.5 Å². The highest BCUT2D eigenvalue weighted by molar-refractivity contribution is 9.11. The Morgan fingerprint density at radius 3 is 2.46 bits per heavy atom. The second kappa shape index (κ2) is 8.91. The molecule has 1 atom stereocenters. The Morgan fingerprint density at radius 1 is 1.39 bits per heavy atom. The Morgan fingerprint density at radius 2 is 2.00 bits per heavy atom. The molecular weight excluding hydrogens is 506 g/mol. The minimum atomic E-state index is -4.77. The molecule has 0 aliphatic heterocycles. The molecule has 0 saturated heterocycles. The minimum absolute atomic E-state index is 0.225. The van der Waals surface area contributed by atoms with Gasteiger partial charge in [-0.05, 0) is 48.7 Å². The number of hydrogen-bond donors (Lipinski definition) is 0. The maximum absolute atomic E-state index is 13.3. The van der Waals surface area contributed by atoms with Gasteiger partial charge in [-0.15, -0.1) is 11.3 Å². The lowest BCUT2D eigenvalue weighted by Gasteiger charge is -2.30. The van der Waals surface area contributed by atoms with Crippen LogP contribution in [-0.2, 0) is 24.5 Å². The molecular formula is C16H17BrCl2F3N3O2S. The first-order chi connectivity index (χ1) is 12.8. The van der Waals surface area contributed by atoms with E-state index in [1.54, 1.807) is 20.8 Å². The number of aromatic nitrogens is 2. The van der Waals surface area contributed by atoms with Crippen LogP contribution in [0, 0.1) is 0 Å². The lowest BCUT2D eigenvalue weighted by Crippen LogP contribution is -2.42. The number of halogens is 6. The van der Waals surface area contributed by atoms with Crippen LogP contribution in [0.5, 0.6) is 0 Å². The van der Waals surface area contributed by atoms with Crippen LogP contribution in [0.15, 0.2) is 9.98 Å². The first kappa shape index (κ1) is 23.5. The zero-order chi connectivity index (χ0) is 21.4. The molecule has 156 valence electrons. The summed E-state index contributed by atoms with van der Waals surface area (Å²) in [7, 11) is 1.31. The number of alkyl halides is 3. The molecule has 5 nitrogen and oxygen atoms in total. The van der Waals surface area contributed by atoms with Crippen molar-refractivity contribution in [3.05, 3.63) is 36.2 Å². The van der Waals surface area contributed by atoms with Crippen molar-refractivity contribution < 1.29 is 22.8 Å². The summed E-state index contributed by atoms with van der Waals surface area (Å²) in [4.78, 5) is 18.5. The number of aryl methyl sites for hydroxylation is 1. The summed E-state index contributed by atoms with van der Waals surface area (Å²) in [5, 5.41) is 4.65. The van der Waals surface area contributed by atoms with E-state index in [4.69, 9.17) is 28.0 Å². The van der Waals surface area contributed by atoms with Crippen molar-refractivity contribution in [3.8, 4) is 0 Å². The Hall–Kier alpha value is -0.810. The molecule has 2 aromatic rings. The van der Waals surface area contributed by atoms with Crippen LogP contribution < -0.4 is 0 Å². The van der Waals surface area contributed by atoms with Gasteiger partial charge in [0.15, 0.2) is 5.69 Å². The number of carbonyl (C=O) groups is 1. The van der Waals surface area contributed by atoms with E-state index < -0.39 is 35.5 Å². The van der Waals surface area contributed by atoms with E-state index in [1.807, 2.05) is 0 Å². The first-order valence-electron chi connectivity index (χ1n) is 8.06. The lowest BCUT2D eigenvalue weighted by molar-refractivity contribution is -0.173. The molecule has 1 amide bonds. The third-order valence-corrected chi connectivity index (χ3v) is 6.43. The number of hydrogen-bond acceptors (Lipinski definition) is 4. The van der Waals surface area contributed by atoms with Crippen molar-refractivity contribution in [2.45, 2.75) is 45.5 Å². The molecule has 0 N–H and O–H groups in total. The van der Waals surface area contributed by atoms with E-state index in [1.165, 1.54) is 18.4 Å². The van der Waals surface area contributed by atoms with Crippen LogP contribution in [0.25, 0.3) is 0 Å². The SMILES string of the molecule is CC(C)ON(C(=O)c1cn(C)nc1C(F)(F)F)C(C)Cc1c(Br)sc(Cl)c1Cl. The first-order valence-corrected chi connectivity index (χ1v) is 10.4. The molecule has 2 heterocycles. The molecule has 28 heavy (non-hydrogen) atoms. The molecule has 1 unspecified atom stereocenters. The van der Waals surface area contributed by atoms with Gasteiger partial charge in [0, 0.05) is 13.2 Å². The van der Waals surface area contributed by atoms with Gasteiger partial charge in [0.1, 0.15) is 4.34 Å². The van der Waals surface area contributed by atoms with Gasteiger partial charge in [-0.2, -0.15) is 18.3 Å². The molecule has 0 aromatic carbocycles. The Labute approximate surface area is 182 Å². The number of thiophene rings is 1. The number of carbonyl (C=O) groups excluding carboxylic acids is 1. The fraction of sp³-hybridized carbons (Fsp3) is 0.500. The zero-order valence-electron chi connectivity index (χ0n) is 15.3. The molecule has 12 heteroatoms. The molecule has 0 bridgehead atoms. The number of amides is 1. The van der Waals surface area contributed by atoms with Crippen LogP contribution in [0.3, 0.4) is 0 Å². The molecule has 0 radical (unpaired) electrons. The Kier molecular flexibility index (Phi) is 7.47. The summed E-state index contributed by atoms with van der Waals surface area (Å²) in [5.41, 5.74) is -1.20. The topological polar surface area (TPSA) is 47.4 Å². The average Bonchev–Trinajstić information content (AvgIpc) is 3.07. The van der Waals surface area contributed by atoms with E-state index in [-0.39, 0.29) is 6.42 Å². The highest BCUT2D eigenvalue weighted by Crippen LogP contribution is 2.41. The summed E-state index contributed by atoms with van der Waals surface area (Å²) in [6.45, 7) is 4.99. The fourth-order valence-corrected chi connectivity index (χ4v) is 5.10. The highest BCUT2D eigenvalue weighted by atomic mass is 79.9. The van der Waals surface area contributed by atoms with Gasteiger partial charge < -0.3 is 0 Å². The number of nitrogens with zero attached hydrogens (tertiary/aromatic N) is 3. The largest absolute Gasteiger partial charge is 0.435 e. The molecule has 0 spiro atoms. The normalized spacial score (nSPS) is 13.2. The van der Waals surface area contributed by atoms with Crippen molar-refractivity contribution >= 4 is 56.4 Å². The van der Waals surface area contributed by atoms with Crippen molar-refractivity contribution in [1.29, 1.82) is 0 Å². The van der Waals surface area contributed by atoms with E-state index in [9.17, 15) is 18.0 Å².